The van der Waals surface area contributed by atoms with Gasteiger partial charge in [0.05, 0.1) is 31.4 Å². The van der Waals surface area contributed by atoms with Crippen LogP contribution in [0, 0.1) is 19.3 Å². The van der Waals surface area contributed by atoms with Crippen LogP contribution in [0.4, 0.5) is 0 Å². The number of oxazole rings is 1. The number of ether oxygens (including phenoxy) is 5. The van der Waals surface area contributed by atoms with E-state index in [0.29, 0.717) is 66.9 Å². The number of aryl methyl sites for hydroxylation is 2. The number of methoxy groups -OCH3 is 1. The quantitative estimate of drug-likeness (QED) is 0.0676. The zero-order chi connectivity index (χ0) is 38.7. The summed E-state index contributed by atoms with van der Waals surface area (Å²) >= 11 is 0. The van der Waals surface area contributed by atoms with E-state index in [1.165, 1.54) is 27.3 Å². The first-order valence-corrected chi connectivity index (χ1v) is 18.9. The molecular formula is C45H49NO9. The highest BCUT2D eigenvalue weighted by Crippen LogP contribution is 2.41. The Hall–Kier alpha value is -5.50. The fourth-order valence-corrected chi connectivity index (χ4v) is 7.02. The van der Waals surface area contributed by atoms with Crippen LogP contribution in [0.3, 0.4) is 0 Å². The van der Waals surface area contributed by atoms with Crippen molar-refractivity contribution in [2.75, 3.05) is 40.1 Å². The number of ketones is 1. The fraction of sp³-hybridized carbons (Fsp3) is 0.378. The second-order valence-corrected chi connectivity index (χ2v) is 14.1. The van der Waals surface area contributed by atoms with Crippen LogP contribution in [0.25, 0.3) is 11.1 Å². The molecule has 0 saturated carbocycles. The molecule has 5 aromatic rings. The lowest BCUT2D eigenvalue weighted by Crippen LogP contribution is -2.18. The Kier molecular flexibility index (Phi) is 13.3. The summed E-state index contributed by atoms with van der Waals surface area (Å²) in [6, 6.07) is 22.8. The highest BCUT2D eigenvalue weighted by Gasteiger charge is 2.24. The monoisotopic (exact) mass is 747 g/mol. The normalized spacial score (nSPS) is 14.3. The summed E-state index contributed by atoms with van der Waals surface area (Å²) in [6.45, 7) is 5.43. The number of phenolic OH excluding ortho intramolecular Hbond substituents is 1. The van der Waals surface area contributed by atoms with Gasteiger partial charge in [-0.15, -0.1) is 6.42 Å². The maximum atomic E-state index is 12.7. The predicted molar refractivity (Wildman–Crippen MR) is 211 cm³/mol. The number of hydrogen-bond acceptors (Lipinski definition) is 9. The van der Waals surface area contributed by atoms with Gasteiger partial charge in [-0.25, -0.2) is 4.79 Å². The number of nitrogens with zero attached hydrogens (tertiary/aromatic N) is 1. The van der Waals surface area contributed by atoms with Crippen LogP contribution in [-0.2, 0) is 33.7 Å². The second kappa shape index (κ2) is 18.7. The molecule has 2 unspecified atom stereocenters. The number of rotatable bonds is 19. The molecule has 0 aliphatic heterocycles. The van der Waals surface area contributed by atoms with Crippen molar-refractivity contribution >= 4 is 16.9 Å². The van der Waals surface area contributed by atoms with E-state index in [2.05, 4.69) is 30.2 Å². The number of Topliss-reactive ketones (excluding diaryl/α,β-unsaturated/α-hetero) is 1. The molecule has 0 saturated heterocycles. The first kappa shape index (κ1) is 39.2. The summed E-state index contributed by atoms with van der Waals surface area (Å²) in [5.74, 6) is 3.96. The number of carbonyl (C=O) groups excluding carboxylic acids is 1. The molecule has 4 aromatic carbocycles. The number of carbonyl (C=O) groups is 1. The Morgan fingerprint density at radius 2 is 1.78 bits per heavy atom. The maximum Gasteiger partial charge on any atom is 0.420 e. The van der Waals surface area contributed by atoms with Crippen molar-refractivity contribution in [3.05, 3.63) is 117 Å². The van der Waals surface area contributed by atoms with E-state index in [1.54, 1.807) is 25.3 Å². The molecular weight excluding hydrogens is 698 g/mol. The standard InChI is InChI=1S/C45H49NO9/c1-5-32-8-6-9-33(23-32)24-35-10-7-11-36-26-43(44(27-38(35)36)52-19-18-50-4)53-21-20-51-31(3)13-15-37(47)29-54-42-17-14-34(25-40(42)48)28-46-39-22-30(2)12-16-41(39)55-45(46)49/h1,6,8-9,12,14,16-17,22-23,25-27,31,35,48H,7,10-11,13,15,18-21,24,28-29H2,2-4H3. The maximum absolute atomic E-state index is 12.7. The summed E-state index contributed by atoms with van der Waals surface area (Å²) in [6.07, 6.45) is 10.3. The number of aromatic nitrogens is 1. The summed E-state index contributed by atoms with van der Waals surface area (Å²) in [5, 5.41) is 10.6. The number of benzene rings is 4. The van der Waals surface area contributed by atoms with Crippen molar-refractivity contribution < 1.29 is 38.0 Å². The molecule has 0 radical (unpaired) electrons. The lowest BCUT2D eigenvalue weighted by molar-refractivity contribution is -0.121. The second-order valence-electron chi connectivity index (χ2n) is 14.1. The Bertz CT molecular complexity index is 2190. The number of hydrogen-bond donors (Lipinski definition) is 1. The lowest BCUT2D eigenvalue weighted by Gasteiger charge is -2.27. The number of phenols is 1. The highest BCUT2D eigenvalue weighted by atomic mass is 16.6. The number of terminal acetylenes is 1. The molecule has 0 bridgehead atoms. The molecule has 55 heavy (non-hydrogen) atoms. The summed E-state index contributed by atoms with van der Waals surface area (Å²) < 4.78 is 36.1. The molecule has 2 atom stereocenters. The molecule has 1 N–H and O–H groups in total. The minimum absolute atomic E-state index is 0.114. The third-order valence-corrected chi connectivity index (χ3v) is 9.91. The van der Waals surface area contributed by atoms with Gasteiger partial charge in [0.25, 0.3) is 0 Å². The first-order chi connectivity index (χ1) is 26.7. The van der Waals surface area contributed by atoms with Crippen molar-refractivity contribution in [3.63, 3.8) is 0 Å². The lowest BCUT2D eigenvalue weighted by atomic mass is 9.79. The zero-order valence-electron chi connectivity index (χ0n) is 31.8. The molecule has 288 valence electrons. The minimum Gasteiger partial charge on any atom is -0.504 e. The van der Waals surface area contributed by atoms with Gasteiger partial charge in [0.2, 0.25) is 0 Å². The molecule has 1 aliphatic carbocycles. The first-order valence-electron chi connectivity index (χ1n) is 18.9. The Balaban J connectivity index is 0.958. The Morgan fingerprint density at radius 3 is 2.58 bits per heavy atom. The van der Waals surface area contributed by atoms with Gasteiger partial charge < -0.3 is 33.2 Å². The van der Waals surface area contributed by atoms with E-state index < -0.39 is 5.76 Å². The number of aromatic hydroxyl groups is 1. The van der Waals surface area contributed by atoms with Crippen LogP contribution in [0.2, 0.25) is 0 Å². The van der Waals surface area contributed by atoms with E-state index in [4.69, 9.17) is 34.5 Å². The molecule has 0 spiro atoms. The zero-order valence-corrected chi connectivity index (χ0v) is 31.8. The van der Waals surface area contributed by atoms with Gasteiger partial charge in [0, 0.05) is 19.1 Å². The van der Waals surface area contributed by atoms with Gasteiger partial charge in [0.1, 0.15) is 19.8 Å². The molecule has 1 heterocycles. The third kappa shape index (κ3) is 10.4. The van der Waals surface area contributed by atoms with Gasteiger partial charge in [-0.05, 0) is 128 Å². The molecule has 0 amide bonds. The van der Waals surface area contributed by atoms with E-state index in [0.717, 1.165) is 36.8 Å². The van der Waals surface area contributed by atoms with Gasteiger partial charge in [-0.3, -0.25) is 9.36 Å². The van der Waals surface area contributed by atoms with Crippen LogP contribution in [0.15, 0.2) is 82.0 Å². The molecule has 1 aromatic heterocycles. The van der Waals surface area contributed by atoms with Crippen LogP contribution >= 0.6 is 0 Å². The summed E-state index contributed by atoms with van der Waals surface area (Å²) in [4.78, 5) is 25.1. The SMILES string of the molecule is C#Cc1cccc(CC2CCCc3cc(OCCOC(C)CCC(=O)COc4ccc(Cn5c(=O)oc6ccc(C)cc65)cc4O)c(OCCOC)cc32)c1. The van der Waals surface area contributed by atoms with Gasteiger partial charge in [-0.2, -0.15) is 0 Å². The van der Waals surface area contributed by atoms with E-state index in [1.807, 2.05) is 38.1 Å². The average Bonchev–Trinajstić information content (AvgIpc) is 3.48. The molecule has 10 nitrogen and oxygen atoms in total. The van der Waals surface area contributed by atoms with Gasteiger partial charge in [0.15, 0.2) is 34.4 Å². The van der Waals surface area contributed by atoms with Crippen molar-refractivity contribution in [2.45, 2.75) is 70.9 Å². The Labute approximate surface area is 321 Å². The van der Waals surface area contributed by atoms with Crippen molar-refractivity contribution in [3.8, 4) is 35.3 Å². The van der Waals surface area contributed by atoms with Gasteiger partial charge in [-0.1, -0.05) is 30.2 Å². The van der Waals surface area contributed by atoms with Crippen molar-refractivity contribution in [1.82, 2.24) is 4.57 Å². The Morgan fingerprint density at radius 1 is 0.964 bits per heavy atom. The van der Waals surface area contributed by atoms with Crippen molar-refractivity contribution in [1.29, 1.82) is 0 Å². The van der Waals surface area contributed by atoms with Crippen LogP contribution in [0.5, 0.6) is 23.0 Å². The molecule has 10 heteroatoms. The highest BCUT2D eigenvalue weighted by molar-refractivity contribution is 5.80. The molecule has 6 rings (SSSR count). The third-order valence-electron chi connectivity index (χ3n) is 9.91. The van der Waals surface area contributed by atoms with E-state index in [9.17, 15) is 14.7 Å². The fourth-order valence-electron chi connectivity index (χ4n) is 7.02. The minimum atomic E-state index is -0.474. The van der Waals surface area contributed by atoms with Crippen LogP contribution < -0.4 is 20.0 Å². The molecule has 0 fully saturated rings. The smallest absolute Gasteiger partial charge is 0.420 e. The van der Waals surface area contributed by atoms with Crippen LogP contribution in [0.1, 0.15) is 71.9 Å². The molecule has 1 aliphatic rings. The predicted octanol–water partition coefficient (Wildman–Crippen LogP) is 7.54. The topological polar surface area (TPSA) is 119 Å². The summed E-state index contributed by atoms with van der Waals surface area (Å²) in [5.41, 5.74) is 7.56. The largest absolute Gasteiger partial charge is 0.504 e. The van der Waals surface area contributed by atoms with Gasteiger partial charge >= 0.3 is 5.76 Å². The van der Waals surface area contributed by atoms with Crippen molar-refractivity contribution in [2.24, 2.45) is 0 Å². The van der Waals surface area contributed by atoms with Crippen LogP contribution in [-0.4, -0.2) is 61.7 Å². The number of fused-ring (bicyclic) bond motifs is 2. The summed E-state index contributed by atoms with van der Waals surface area (Å²) in [7, 11) is 1.65. The average molecular weight is 748 g/mol. The van der Waals surface area contributed by atoms with E-state index in [-0.39, 0.29) is 43.0 Å². The van der Waals surface area contributed by atoms with E-state index >= 15 is 0 Å².